The summed E-state index contributed by atoms with van der Waals surface area (Å²) in [5.74, 6) is -2.84. The van der Waals surface area contributed by atoms with Gasteiger partial charge in [0.15, 0.2) is 11.6 Å². The van der Waals surface area contributed by atoms with Crippen LogP contribution in [0, 0.1) is 11.6 Å². The number of fused-ring (bicyclic) bond motifs is 1. The minimum absolute atomic E-state index is 0.0560. The number of hydrogen-bond donors (Lipinski definition) is 2. The minimum atomic E-state index is -3.88. The quantitative estimate of drug-likeness (QED) is 0.485. The smallest absolute Gasteiger partial charge is 0.232 e. The third-order valence-corrected chi connectivity index (χ3v) is 5.78. The Bertz CT molecular complexity index is 1230. The van der Waals surface area contributed by atoms with Gasteiger partial charge in [-0.1, -0.05) is 6.92 Å². The van der Waals surface area contributed by atoms with Crippen LogP contribution in [0.3, 0.4) is 0 Å². The van der Waals surface area contributed by atoms with Crippen molar-refractivity contribution in [3.05, 3.63) is 65.4 Å². The zero-order valence-corrected chi connectivity index (χ0v) is 17.4. The van der Waals surface area contributed by atoms with Crippen molar-refractivity contribution in [2.24, 2.45) is 0 Å². The first-order valence-corrected chi connectivity index (χ1v) is 11.1. The standard InChI is InChI=1S/C21H20F2N2O5S/c1-2-7-31(28,29)25-19-11-15(22)10-17(20(19)23)21(27)13-3-4-18-14(8-13)9-16(12-24-18)30-6-5-26/h3-4,8-12,25-26H,2,5-7H2,1H3. The van der Waals surface area contributed by atoms with Crippen LogP contribution in [0.15, 0.2) is 42.6 Å². The Kier molecular flexibility index (Phi) is 6.81. The molecule has 3 rings (SSSR count). The molecule has 31 heavy (non-hydrogen) atoms. The number of sulfonamides is 1. The molecule has 1 heterocycles. The first-order valence-electron chi connectivity index (χ1n) is 9.41. The van der Waals surface area contributed by atoms with Gasteiger partial charge >= 0.3 is 0 Å². The number of anilines is 1. The van der Waals surface area contributed by atoms with Gasteiger partial charge in [0.2, 0.25) is 10.0 Å². The molecule has 2 aromatic carbocycles. The van der Waals surface area contributed by atoms with E-state index in [-0.39, 0.29) is 31.0 Å². The number of nitrogens with zero attached hydrogens (tertiary/aromatic N) is 1. The lowest BCUT2D eigenvalue weighted by molar-refractivity contribution is 0.103. The maximum absolute atomic E-state index is 14.9. The maximum atomic E-state index is 14.9. The predicted molar refractivity (Wildman–Crippen MR) is 112 cm³/mol. The van der Waals surface area contributed by atoms with E-state index < -0.39 is 38.7 Å². The fourth-order valence-corrected chi connectivity index (χ4v) is 4.09. The van der Waals surface area contributed by atoms with Gasteiger partial charge in [-0.05, 0) is 36.8 Å². The molecule has 10 heteroatoms. The number of aliphatic hydroxyl groups excluding tert-OH is 1. The number of carbonyl (C=O) groups is 1. The average Bonchev–Trinajstić information content (AvgIpc) is 2.73. The Morgan fingerprint density at radius 2 is 1.97 bits per heavy atom. The number of benzene rings is 2. The Balaban J connectivity index is 1.99. The van der Waals surface area contributed by atoms with Crippen LogP contribution < -0.4 is 9.46 Å². The summed E-state index contributed by atoms with van der Waals surface area (Å²) in [6.45, 7) is 1.52. The molecule has 0 radical (unpaired) electrons. The van der Waals surface area contributed by atoms with E-state index >= 15 is 0 Å². The second kappa shape index (κ2) is 9.36. The van der Waals surface area contributed by atoms with E-state index in [9.17, 15) is 22.0 Å². The molecule has 0 spiro atoms. The molecular formula is C21H20F2N2O5S. The van der Waals surface area contributed by atoms with Gasteiger partial charge in [-0.3, -0.25) is 14.5 Å². The van der Waals surface area contributed by atoms with Crippen molar-refractivity contribution in [2.75, 3.05) is 23.7 Å². The highest BCUT2D eigenvalue weighted by Gasteiger charge is 2.22. The number of ketones is 1. The molecule has 3 aromatic rings. The molecular weight excluding hydrogens is 430 g/mol. The van der Waals surface area contributed by atoms with Gasteiger partial charge in [-0.2, -0.15) is 0 Å². The number of nitrogens with one attached hydrogen (secondary N) is 1. The van der Waals surface area contributed by atoms with E-state index in [0.717, 1.165) is 6.07 Å². The second-order valence-corrected chi connectivity index (χ2v) is 8.56. The lowest BCUT2D eigenvalue weighted by atomic mass is 10.0. The number of halogens is 2. The van der Waals surface area contributed by atoms with Gasteiger partial charge in [-0.25, -0.2) is 17.2 Å². The van der Waals surface area contributed by atoms with E-state index in [4.69, 9.17) is 9.84 Å². The summed E-state index contributed by atoms with van der Waals surface area (Å²) in [6.07, 6.45) is 1.74. The van der Waals surface area contributed by atoms with Crippen molar-refractivity contribution in [3.63, 3.8) is 0 Å². The fraction of sp³-hybridized carbons (Fsp3) is 0.238. The number of carbonyl (C=O) groups excluding carboxylic acids is 1. The number of aromatic nitrogens is 1. The van der Waals surface area contributed by atoms with Gasteiger partial charge in [0.1, 0.15) is 18.2 Å². The van der Waals surface area contributed by atoms with Crippen molar-refractivity contribution in [1.82, 2.24) is 4.98 Å². The molecule has 0 aliphatic carbocycles. The molecule has 0 unspecified atom stereocenters. The molecule has 0 saturated carbocycles. The van der Waals surface area contributed by atoms with E-state index in [1.165, 1.54) is 18.3 Å². The molecule has 0 fully saturated rings. The minimum Gasteiger partial charge on any atom is -0.490 e. The Morgan fingerprint density at radius 1 is 1.19 bits per heavy atom. The normalized spacial score (nSPS) is 11.5. The molecule has 0 amide bonds. The van der Waals surface area contributed by atoms with Gasteiger partial charge in [-0.15, -0.1) is 0 Å². The van der Waals surface area contributed by atoms with Gasteiger partial charge in [0.25, 0.3) is 0 Å². The highest BCUT2D eigenvalue weighted by Crippen LogP contribution is 2.26. The second-order valence-electron chi connectivity index (χ2n) is 6.72. The molecule has 2 N–H and O–H groups in total. The number of rotatable bonds is 9. The topological polar surface area (TPSA) is 106 Å². The SMILES string of the molecule is CCCS(=O)(=O)Nc1cc(F)cc(C(=O)c2ccc3ncc(OCCO)cc3c2)c1F. The third-order valence-electron chi connectivity index (χ3n) is 4.30. The summed E-state index contributed by atoms with van der Waals surface area (Å²) in [5, 5.41) is 9.37. The summed E-state index contributed by atoms with van der Waals surface area (Å²) < 4.78 is 60.2. The van der Waals surface area contributed by atoms with Crippen LogP contribution >= 0.6 is 0 Å². The fourth-order valence-electron chi connectivity index (χ4n) is 2.97. The van der Waals surface area contributed by atoms with Crippen molar-refractivity contribution < 1.29 is 31.8 Å². The van der Waals surface area contributed by atoms with Crippen molar-refractivity contribution >= 4 is 32.4 Å². The van der Waals surface area contributed by atoms with E-state index in [0.29, 0.717) is 22.7 Å². The zero-order chi connectivity index (χ0) is 22.6. The summed E-state index contributed by atoms with van der Waals surface area (Å²) in [6, 6.07) is 7.41. The maximum Gasteiger partial charge on any atom is 0.232 e. The van der Waals surface area contributed by atoms with Crippen LogP contribution in [0.25, 0.3) is 10.9 Å². The monoisotopic (exact) mass is 450 g/mol. The third kappa shape index (κ3) is 5.33. The number of aliphatic hydroxyl groups is 1. The predicted octanol–water partition coefficient (Wildman–Crippen LogP) is 3.27. The highest BCUT2D eigenvalue weighted by molar-refractivity contribution is 7.92. The van der Waals surface area contributed by atoms with Crippen molar-refractivity contribution in [3.8, 4) is 5.75 Å². The molecule has 1 aromatic heterocycles. The first kappa shape index (κ1) is 22.6. The van der Waals surface area contributed by atoms with Crippen molar-refractivity contribution in [1.29, 1.82) is 0 Å². The lowest BCUT2D eigenvalue weighted by Crippen LogP contribution is -2.18. The number of hydrogen-bond acceptors (Lipinski definition) is 6. The zero-order valence-electron chi connectivity index (χ0n) is 16.6. The molecule has 0 atom stereocenters. The van der Waals surface area contributed by atoms with Crippen LogP contribution in [-0.2, 0) is 10.0 Å². The van der Waals surface area contributed by atoms with E-state index in [1.54, 1.807) is 19.1 Å². The highest BCUT2D eigenvalue weighted by atomic mass is 32.2. The largest absolute Gasteiger partial charge is 0.490 e. The molecule has 0 saturated heterocycles. The summed E-state index contributed by atoms with van der Waals surface area (Å²) >= 11 is 0. The van der Waals surface area contributed by atoms with Crippen molar-refractivity contribution in [2.45, 2.75) is 13.3 Å². The van der Waals surface area contributed by atoms with E-state index in [1.807, 2.05) is 4.72 Å². The molecule has 164 valence electrons. The molecule has 0 bridgehead atoms. The number of ether oxygens (including phenoxy) is 1. The molecule has 0 aliphatic heterocycles. The Labute approximate surface area is 177 Å². The van der Waals surface area contributed by atoms with Gasteiger partial charge < -0.3 is 9.84 Å². The molecule has 7 nitrogen and oxygen atoms in total. The average molecular weight is 450 g/mol. The van der Waals surface area contributed by atoms with Crippen LogP contribution in [0.4, 0.5) is 14.5 Å². The number of pyridine rings is 1. The lowest BCUT2D eigenvalue weighted by Gasteiger charge is -2.12. The summed E-state index contributed by atoms with van der Waals surface area (Å²) in [4.78, 5) is 17.1. The Morgan fingerprint density at radius 3 is 2.68 bits per heavy atom. The van der Waals surface area contributed by atoms with Gasteiger partial charge in [0, 0.05) is 17.0 Å². The Hall–Kier alpha value is -3.11. The summed E-state index contributed by atoms with van der Waals surface area (Å²) in [7, 11) is -3.88. The van der Waals surface area contributed by atoms with Crippen LogP contribution in [0.2, 0.25) is 0 Å². The van der Waals surface area contributed by atoms with Crippen LogP contribution in [0.1, 0.15) is 29.3 Å². The van der Waals surface area contributed by atoms with Gasteiger partial charge in [0.05, 0.1) is 35.3 Å². The molecule has 0 aliphatic rings. The first-order chi connectivity index (χ1) is 14.7. The van der Waals surface area contributed by atoms with Crippen LogP contribution in [-0.4, -0.2) is 43.3 Å². The van der Waals surface area contributed by atoms with E-state index in [2.05, 4.69) is 4.98 Å². The summed E-state index contributed by atoms with van der Waals surface area (Å²) in [5.41, 5.74) is -0.630. The van der Waals surface area contributed by atoms with Crippen LogP contribution in [0.5, 0.6) is 5.75 Å².